The summed E-state index contributed by atoms with van der Waals surface area (Å²) in [7, 11) is 0. The van der Waals surface area contributed by atoms with Gasteiger partial charge in [0.2, 0.25) is 0 Å². The molecule has 1 atom stereocenters. The van der Waals surface area contributed by atoms with Gasteiger partial charge in [0.15, 0.2) is 0 Å². The van der Waals surface area contributed by atoms with Crippen molar-refractivity contribution in [1.29, 1.82) is 0 Å². The van der Waals surface area contributed by atoms with Crippen LogP contribution in [0.15, 0.2) is 11.6 Å². The fourth-order valence-electron chi connectivity index (χ4n) is 1.71. The first-order valence-corrected chi connectivity index (χ1v) is 4.47. The molecule has 0 N–H and O–H groups in total. The second-order valence-corrected chi connectivity index (χ2v) is 3.83. The van der Waals surface area contributed by atoms with E-state index >= 15 is 0 Å². The molecule has 0 saturated heterocycles. The first-order valence-electron chi connectivity index (χ1n) is 4.47. The van der Waals surface area contributed by atoms with Crippen LogP contribution in [0.2, 0.25) is 0 Å². The maximum Gasteiger partial charge on any atom is 0.126 e. The van der Waals surface area contributed by atoms with E-state index in [1.165, 1.54) is 18.4 Å². The third-order valence-electron chi connectivity index (χ3n) is 2.28. The molecule has 0 radical (unpaired) electrons. The Bertz CT molecular complexity index is 156. The molecule has 0 aromatic carbocycles. The van der Waals surface area contributed by atoms with Crippen LogP contribution in [-0.4, -0.2) is 5.67 Å². The zero-order valence-electron chi connectivity index (χ0n) is 7.49. The van der Waals surface area contributed by atoms with Crippen molar-refractivity contribution in [3.63, 3.8) is 0 Å². The topological polar surface area (TPSA) is 0 Å². The molecule has 0 aromatic heterocycles. The molecule has 64 valence electrons. The van der Waals surface area contributed by atoms with Gasteiger partial charge in [-0.25, -0.2) is 4.39 Å². The van der Waals surface area contributed by atoms with Crippen molar-refractivity contribution >= 4 is 0 Å². The number of alkyl halides is 1. The quantitative estimate of drug-likeness (QED) is 0.470. The van der Waals surface area contributed by atoms with Crippen LogP contribution in [0.1, 0.15) is 46.0 Å². The Hall–Kier alpha value is -0.330. The summed E-state index contributed by atoms with van der Waals surface area (Å²) < 4.78 is 13.5. The Labute approximate surface area is 68.5 Å². The minimum absolute atomic E-state index is 0.699. The van der Waals surface area contributed by atoms with Crippen molar-refractivity contribution < 1.29 is 4.39 Å². The van der Waals surface area contributed by atoms with Gasteiger partial charge in [-0.1, -0.05) is 12.0 Å². The molecule has 0 saturated carbocycles. The van der Waals surface area contributed by atoms with Crippen molar-refractivity contribution in [3.8, 4) is 0 Å². The highest BCUT2D eigenvalue weighted by molar-refractivity contribution is 5.08. The number of rotatable bonds is 0. The third kappa shape index (κ3) is 3.04. The Morgan fingerprint density at radius 3 is 2.82 bits per heavy atom. The minimum Gasteiger partial charge on any atom is -0.240 e. The number of hydrogen-bond donors (Lipinski definition) is 0. The van der Waals surface area contributed by atoms with Gasteiger partial charge in [0.05, 0.1) is 0 Å². The van der Waals surface area contributed by atoms with E-state index in [1.54, 1.807) is 13.0 Å². The average molecular weight is 156 g/mol. The van der Waals surface area contributed by atoms with Crippen LogP contribution in [-0.2, 0) is 0 Å². The molecular weight excluding hydrogens is 139 g/mol. The van der Waals surface area contributed by atoms with Gasteiger partial charge in [0, 0.05) is 0 Å². The molecule has 0 aliphatic heterocycles. The van der Waals surface area contributed by atoms with Gasteiger partial charge in [-0.15, -0.1) is 0 Å². The summed E-state index contributed by atoms with van der Waals surface area (Å²) in [6, 6.07) is 0. The van der Waals surface area contributed by atoms with Gasteiger partial charge < -0.3 is 0 Å². The van der Waals surface area contributed by atoms with E-state index in [0.717, 1.165) is 12.8 Å². The molecule has 11 heavy (non-hydrogen) atoms. The van der Waals surface area contributed by atoms with Crippen LogP contribution in [0.25, 0.3) is 0 Å². The first kappa shape index (κ1) is 8.76. The molecule has 1 unspecified atom stereocenters. The summed E-state index contributed by atoms with van der Waals surface area (Å²) >= 11 is 0. The molecule has 0 fully saturated rings. The van der Waals surface area contributed by atoms with E-state index < -0.39 is 5.67 Å². The smallest absolute Gasteiger partial charge is 0.126 e. The van der Waals surface area contributed by atoms with E-state index in [2.05, 4.69) is 0 Å². The van der Waals surface area contributed by atoms with Gasteiger partial charge in [0.1, 0.15) is 5.67 Å². The standard InChI is InChI=1S/C10H17F/c1-9-6-4-3-5-7-10(2,11)8-9/h8H,3-7H2,1-2H3/b9-8-. The van der Waals surface area contributed by atoms with Gasteiger partial charge in [-0.2, -0.15) is 0 Å². The Morgan fingerprint density at radius 2 is 2.09 bits per heavy atom. The molecule has 1 rings (SSSR count). The van der Waals surface area contributed by atoms with Gasteiger partial charge in [0.25, 0.3) is 0 Å². The molecule has 0 bridgehead atoms. The number of allylic oxidation sites excluding steroid dienone is 2. The maximum absolute atomic E-state index is 13.5. The molecular formula is C10H17F. The largest absolute Gasteiger partial charge is 0.240 e. The fourth-order valence-corrected chi connectivity index (χ4v) is 1.71. The molecule has 0 heterocycles. The van der Waals surface area contributed by atoms with Crippen LogP contribution < -0.4 is 0 Å². The van der Waals surface area contributed by atoms with Crippen molar-refractivity contribution in [2.24, 2.45) is 0 Å². The number of halogens is 1. The lowest BCUT2D eigenvalue weighted by atomic mass is 9.92. The van der Waals surface area contributed by atoms with Crippen molar-refractivity contribution in [2.45, 2.75) is 51.6 Å². The average Bonchev–Trinajstić information content (AvgIpc) is 1.82. The second kappa shape index (κ2) is 3.38. The van der Waals surface area contributed by atoms with E-state index in [-0.39, 0.29) is 0 Å². The summed E-state index contributed by atoms with van der Waals surface area (Å²) in [6.45, 7) is 3.71. The van der Waals surface area contributed by atoms with Crippen molar-refractivity contribution in [1.82, 2.24) is 0 Å². The highest BCUT2D eigenvalue weighted by Gasteiger charge is 2.20. The highest BCUT2D eigenvalue weighted by Crippen LogP contribution is 2.26. The lowest BCUT2D eigenvalue weighted by Gasteiger charge is -2.19. The SMILES string of the molecule is C/C1=C/C(C)(F)CCCCC1. The van der Waals surface area contributed by atoms with Crippen LogP contribution >= 0.6 is 0 Å². The zero-order valence-corrected chi connectivity index (χ0v) is 7.49. The van der Waals surface area contributed by atoms with E-state index in [9.17, 15) is 4.39 Å². The van der Waals surface area contributed by atoms with Crippen molar-refractivity contribution in [2.75, 3.05) is 0 Å². The Balaban J connectivity index is 2.64. The zero-order chi connectivity index (χ0) is 8.32. The Kier molecular flexibility index (Phi) is 2.69. The number of hydrogen-bond acceptors (Lipinski definition) is 0. The highest BCUT2D eigenvalue weighted by atomic mass is 19.1. The lowest BCUT2D eigenvalue weighted by molar-refractivity contribution is 0.228. The van der Waals surface area contributed by atoms with E-state index in [4.69, 9.17) is 0 Å². The summed E-state index contributed by atoms with van der Waals surface area (Å²) in [5.41, 5.74) is 0.180. The van der Waals surface area contributed by atoms with Crippen LogP contribution in [0.3, 0.4) is 0 Å². The van der Waals surface area contributed by atoms with Crippen LogP contribution in [0.5, 0.6) is 0 Å². The van der Waals surface area contributed by atoms with Gasteiger partial charge >= 0.3 is 0 Å². The third-order valence-corrected chi connectivity index (χ3v) is 2.28. The normalized spacial score (nSPS) is 38.6. The molecule has 0 nitrogen and oxygen atoms in total. The van der Waals surface area contributed by atoms with Gasteiger partial charge in [-0.3, -0.25) is 0 Å². The first-order chi connectivity index (χ1) is 5.10. The molecule has 0 spiro atoms. The predicted octanol–water partition coefficient (Wildman–Crippen LogP) is 3.63. The van der Waals surface area contributed by atoms with E-state index in [1.807, 2.05) is 6.92 Å². The lowest BCUT2D eigenvalue weighted by Crippen LogP contribution is -2.15. The summed E-state index contributed by atoms with van der Waals surface area (Å²) in [4.78, 5) is 0. The summed E-state index contributed by atoms with van der Waals surface area (Å²) in [5, 5.41) is 0. The van der Waals surface area contributed by atoms with E-state index in [0.29, 0.717) is 6.42 Å². The second-order valence-electron chi connectivity index (χ2n) is 3.83. The molecule has 1 aliphatic carbocycles. The summed E-state index contributed by atoms with van der Waals surface area (Å²) in [5.74, 6) is 0. The molecule has 1 heteroatoms. The summed E-state index contributed by atoms with van der Waals surface area (Å²) in [6.07, 6.45) is 7.04. The molecule has 0 aromatic rings. The van der Waals surface area contributed by atoms with Gasteiger partial charge in [-0.05, 0) is 45.6 Å². The monoisotopic (exact) mass is 156 g/mol. The van der Waals surface area contributed by atoms with Crippen molar-refractivity contribution in [3.05, 3.63) is 11.6 Å². The Morgan fingerprint density at radius 1 is 1.36 bits per heavy atom. The molecule has 1 aliphatic rings. The van der Waals surface area contributed by atoms with Crippen LogP contribution in [0, 0.1) is 0 Å². The maximum atomic E-state index is 13.5. The van der Waals surface area contributed by atoms with Crippen LogP contribution in [0.4, 0.5) is 4.39 Å². The predicted molar refractivity (Wildman–Crippen MR) is 46.4 cm³/mol. The fraction of sp³-hybridized carbons (Fsp3) is 0.800. The molecule has 0 amide bonds. The minimum atomic E-state index is -1.04.